The number of carbonyl (C=O) groups excluding carboxylic acids is 1. The Kier molecular flexibility index (Phi) is 3.61. The summed E-state index contributed by atoms with van der Waals surface area (Å²) >= 11 is 1.57. The second-order valence-corrected chi connectivity index (χ2v) is 6.06. The molecule has 1 aromatic rings. The molecule has 106 valence electrons. The molecule has 0 spiro atoms. The molecular formula is C15H18N2O2S. The van der Waals surface area contributed by atoms with E-state index in [1.54, 1.807) is 17.6 Å². The van der Waals surface area contributed by atoms with Gasteiger partial charge >= 0.3 is 0 Å². The van der Waals surface area contributed by atoms with Crippen LogP contribution >= 0.6 is 11.3 Å². The Labute approximate surface area is 122 Å². The summed E-state index contributed by atoms with van der Waals surface area (Å²) in [5.74, 6) is -0.165. The lowest BCUT2D eigenvalue weighted by Gasteiger charge is -2.42. The third-order valence-corrected chi connectivity index (χ3v) is 5.02. The maximum Gasteiger partial charge on any atom is 0.228 e. The second kappa shape index (κ2) is 5.40. The fourth-order valence-electron chi connectivity index (χ4n) is 3.46. The Balaban J connectivity index is 2.08. The van der Waals surface area contributed by atoms with E-state index in [9.17, 15) is 4.79 Å². The molecule has 2 N–H and O–H groups in total. The summed E-state index contributed by atoms with van der Waals surface area (Å²) in [6.07, 6.45) is 9.42. The molecule has 2 aliphatic rings. The molecule has 1 saturated carbocycles. The zero-order chi connectivity index (χ0) is 14.0. The highest BCUT2D eigenvalue weighted by Gasteiger charge is 2.49. The SMILES string of the molecule is NC(=O)C1(C2=CCOC=C2)CCCCC1c1cscn1. The summed E-state index contributed by atoms with van der Waals surface area (Å²) in [4.78, 5) is 16.8. The van der Waals surface area contributed by atoms with Crippen LogP contribution in [0.15, 0.2) is 34.9 Å². The molecule has 20 heavy (non-hydrogen) atoms. The van der Waals surface area contributed by atoms with Crippen LogP contribution in [0.2, 0.25) is 0 Å². The van der Waals surface area contributed by atoms with Gasteiger partial charge in [-0.05, 0) is 30.6 Å². The van der Waals surface area contributed by atoms with Crippen molar-refractivity contribution in [3.05, 3.63) is 40.6 Å². The van der Waals surface area contributed by atoms with E-state index in [1.165, 1.54) is 0 Å². The first-order chi connectivity index (χ1) is 9.75. The number of carbonyl (C=O) groups is 1. The monoisotopic (exact) mass is 290 g/mol. The second-order valence-electron chi connectivity index (χ2n) is 5.34. The topological polar surface area (TPSA) is 65.2 Å². The van der Waals surface area contributed by atoms with Crippen LogP contribution < -0.4 is 5.73 Å². The van der Waals surface area contributed by atoms with E-state index in [0.717, 1.165) is 37.0 Å². The van der Waals surface area contributed by atoms with E-state index in [-0.39, 0.29) is 11.8 Å². The molecule has 2 heterocycles. The van der Waals surface area contributed by atoms with Gasteiger partial charge in [0.2, 0.25) is 5.91 Å². The van der Waals surface area contributed by atoms with Crippen LogP contribution in [-0.2, 0) is 9.53 Å². The molecule has 2 atom stereocenters. The normalized spacial score (nSPS) is 29.6. The third-order valence-electron chi connectivity index (χ3n) is 4.42. The average molecular weight is 290 g/mol. The van der Waals surface area contributed by atoms with Gasteiger partial charge in [0.1, 0.15) is 6.61 Å². The van der Waals surface area contributed by atoms with Gasteiger partial charge in [-0.1, -0.05) is 12.8 Å². The highest BCUT2D eigenvalue weighted by molar-refractivity contribution is 7.07. The van der Waals surface area contributed by atoms with Crippen LogP contribution in [0, 0.1) is 5.41 Å². The predicted molar refractivity (Wildman–Crippen MR) is 78.1 cm³/mol. The first-order valence-corrected chi connectivity index (χ1v) is 7.86. The van der Waals surface area contributed by atoms with Gasteiger partial charge in [0.15, 0.2) is 0 Å². The maximum absolute atomic E-state index is 12.4. The Morgan fingerprint density at radius 3 is 3.05 bits per heavy atom. The molecule has 2 unspecified atom stereocenters. The van der Waals surface area contributed by atoms with Crippen LogP contribution in [0.1, 0.15) is 37.3 Å². The first-order valence-electron chi connectivity index (χ1n) is 6.92. The van der Waals surface area contributed by atoms with E-state index < -0.39 is 5.41 Å². The summed E-state index contributed by atoms with van der Waals surface area (Å²) in [7, 11) is 0. The largest absolute Gasteiger partial charge is 0.497 e. The predicted octanol–water partition coefficient (Wildman–Crippen LogP) is 2.74. The number of ether oxygens (including phenoxy) is 1. The number of hydrogen-bond acceptors (Lipinski definition) is 4. The van der Waals surface area contributed by atoms with Gasteiger partial charge in [0.25, 0.3) is 0 Å². The highest BCUT2D eigenvalue weighted by atomic mass is 32.1. The van der Waals surface area contributed by atoms with E-state index in [2.05, 4.69) is 4.98 Å². The standard InChI is InChI=1S/C15H18N2O2S/c16-14(18)15(11-4-7-19-8-5-11)6-2-1-3-12(15)13-9-20-10-17-13/h4-5,7,9-10,12H,1-3,6,8H2,(H2,16,18). The third kappa shape index (κ3) is 2.06. The Morgan fingerprint density at radius 1 is 1.50 bits per heavy atom. The van der Waals surface area contributed by atoms with Crippen molar-refractivity contribution in [3.8, 4) is 0 Å². The van der Waals surface area contributed by atoms with Gasteiger partial charge in [-0.15, -0.1) is 11.3 Å². The summed E-state index contributed by atoms with van der Waals surface area (Å²) in [6.45, 7) is 0.505. The molecule has 1 aliphatic heterocycles. The van der Waals surface area contributed by atoms with Crippen LogP contribution in [0.4, 0.5) is 0 Å². The minimum atomic E-state index is -0.632. The van der Waals surface area contributed by atoms with Crippen molar-refractivity contribution >= 4 is 17.2 Å². The van der Waals surface area contributed by atoms with Gasteiger partial charge < -0.3 is 10.5 Å². The van der Waals surface area contributed by atoms with Crippen molar-refractivity contribution in [1.29, 1.82) is 0 Å². The molecule has 1 fully saturated rings. The minimum absolute atomic E-state index is 0.0778. The lowest BCUT2D eigenvalue weighted by atomic mass is 9.60. The number of thiazole rings is 1. The Bertz CT molecular complexity index is 550. The smallest absolute Gasteiger partial charge is 0.228 e. The van der Waals surface area contributed by atoms with Crippen LogP contribution in [0.3, 0.4) is 0 Å². The van der Waals surface area contributed by atoms with Gasteiger partial charge in [0, 0.05) is 11.3 Å². The molecular weight excluding hydrogens is 272 g/mol. The summed E-state index contributed by atoms with van der Waals surface area (Å²) in [5.41, 5.74) is 9.03. The van der Waals surface area contributed by atoms with Gasteiger partial charge in [-0.25, -0.2) is 4.98 Å². The number of nitrogens with two attached hydrogens (primary N) is 1. The molecule has 0 bridgehead atoms. The first kappa shape index (κ1) is 13.4. The van der Waals surface area contributed by atoms with Crippen molar-refractivity contribution in [3.63, 3.8) is 0 Å². The quantitative estimate of drug-likeness (QED) is 0.931. The van der Waals surface area contributed by atoms with E-state index in [1.807, 2.05) is 23.0 Å². The lowest BCUT2D eigenvalue weighted by molar-refractivity contribution is -0.128. The molecule has 1 aliphatic carbocycles. The molecule has 0 aromatic carbocycles. The molecule has 4 nitrogen and oxygen atoms in total. The molecule has 3 rings (SSSR count). The fourth-order valence-corrected chi connectivity index (χ4v) is 4.07. The number of allylic oxidation sites excluding steroid dienone is 1. The molecule has 1 amide bonds. The zero-order valence-corrected chi connectivity index (χ0v) is 12.1. The highest BCUT2D eigenvalue weighted by Crippen LogP contribution is 2.52. The van der Waals surface area contributed by atoms with Crippen LogP contribution in [0.5, 0.6) is 0 Å². The van der Waals surface area contributed by atoms with E-state index in [4.69, 9.17) is 10.5 Å². The Hall–Kier alpha value is -1.62. The Morgan fingerprint density at radius 2 is 2.40 bits per heavy atom. The van der Waals surface area contributed by atoms with Gasteiger partial charge in [-0.3, -0.25) is 4.79 Å². The number of rotatable bonds is 3. The average Bonchev–Trinajstić information content (AvgIpc) is 3.02. The van der Waals surface area contributed by atoms with Crippen molar-refractivity contribution in [1.82, 2.24) is 4.98 Å². The van der Waals surface area contributed by atoms with Crippen molar-refractivity contribution in [2.75, 3.05) is 6.61 Å². The van der Waals surface area contributed by atoms with Crippen molar-refractivity contribution in [2.24, 2.45) is 11.1 Å². The minimum Gasteiger partial charge on any atom is -0.497 e. The summed E-state index contributed by atoms with van der Waals surface area (Å²) in [5, 5.41) is 2.04. The molecule has 0 saturated heterocycles. The number of primary amides is 1. The van der Waals surface area contributed by atoms with Gasteiger partial charge in [-0.2, -0.15) is 0 Å². The molecule has 0 radical (unpaired) electrons. The fraction of sp³-hybridized carbons (Fsp3) is 0.467. The number of aromatic nitrogens is 1. The lowest BCUT2D eigenvalue weighted by Crippen LogP contribution is -2.45. The number of nitrogens with zero attached hydrogens (tertiary/aromatic N) is 1. The molecule has 1 aromatic heterocycles. The summed E-state index contributed by atoms with van der Waals surface area (Å²) in [6, 6.07) is 0. The summed E-state index contributed by atoms with van der Waals surface area (Å²) < 4.78 is 5.22. The van der Waals surface area contributed by atoms with E-state index >= 15 is 0 Å². The molecule has 5 heteroatoms. The van der Waals surface area contributed by atoms with Crippen molar-refractivity contribution in [2.45, 2.75) is 31.6 Å². The zero-order valence-electron chi connectivity index (χ0n) is 11.2. The van der Waals surface area contributed by atoms with E-state index in [0.29, 0.717) is 6.61 Å². The van der Waals surface area contributed by atoms with Gasteiger partial charge in [0.05, 0.1) is 22.9 Å². The maximum atomic E-state index is 12.4. The van der Waals surface area contributed by atoms with Crippen LogP contribution in [0.25, 0.3) is 0 Å². The van der Waals surface area contributed by atoms with Crippen molar-refractivity contribution < 1.29 is 9.53 Å². The number of hydrogen-bond donors (Lipinski definition) is 1. The number of amides is 1. The van der Waals surface area contributed by atoms with Crippen LogP contribution in [-0.4, -0.2) is 17.5 Å².